The van der Waals surface area contributed by atoms with Gasteiger partial charge in [0.25, 0.3) is 5.91 Å². The fraction of sp³-hybridized carbons (Fsp3) is 0.167. The van der Waals surface area contributed by atoms with E-state index in [0.29, 0.717) is 10.7 Å². The summed E-state index contributed by atoms with van der Waals surface area (Å²) < 4.78 is 0. The van der Waals surface area contributed by atoms with E-state index in [-0.39, 0.29) is 5.91 Å². The van der Waals surface area contributed by atoms with Gasteiger partial charge in [0, 0.05) is 11.1 Å². The van der Waals surface area contributed by atoms with Crippen LogP contribution in [-0.2, 0) is 0 Å². The third-order valence-corrected chi connectivity index (χ3v) is 3.12. The number of hydrogen-bond donors (Lipinski definition) is 1. The Balaban J connectivity index is 2.10. The SMILES string of the molecule is Cc1ccc(NC(=O)c2ccc(C)s2)nc1. The molecule has 16 heavy (non-hydrogen) atoms. The van der Waals surface area contributed by atoms with Gasteiger partial charge in [0.1, 0.15) is 5.82 Å². The molecular weight excluding hydrogens is 220 g/mol. The van der Waals surface area contributed by atoms with E-state index in [2.05, 4.69) is 10.3 Å². The zero-order valence-electron chi connectivity index (χ0n) is 9.15. The first-order valence-electron chi connectivity index (χ1n) is 4.95. The number of rotatable bonds is 2. The lowest BCUT2D eigenvalue weighted by molar-refractivity contribution is 0.103. The van der Waals surface area contributed by atoms with Crippen LogP contribution in [0.15, 0.2) is 30.5 Å². The quantitative estimate of drug-likeness (QED) is 0.864. The Labute approximate surface area is 98.2 Å². The third kappa shape index (κ3) is 2.46. The summed E-state index contributed by atoms with van der Waals surface area (Å²) in [7, 11) is 0. The summed E-state index contributed by atoms with van der Waals surface area (Å²) in [5.41, 5.74) is 1.07. The topological polar surface area (TPSA) is 42.0 Å². The van der Waals surface area contributed by atoms with Gasteiger partial charge in [-0.3, -0.25) is 4.79 Å². The van der Waals surface area contributed by atoms with E-state index in [0.717, 1.165) is 10.4 Å². The van der Waals surface area contributed by atoms with E-state index >= 15 is 0 Å². The van der Waals surface area contributed by atoms with E-state index in [1.54, 1.807) is 12.3 Å². The first-order valence-corrected chi connectivity index (χ1v) is 5.77. The zero-order chi connectivity index (χ0) is 11.5. The summed E-state index contributed by atoms with van der Waals surface area (Å²) in [6.07, 6.45) is 1.73. The van der Waals surface area contributed by atoms with E-state index in [4.69, 9.17) is 0 Å². The monoisotopic (exact) mass is 232 g/mol. The molecule has 0 aliphatic rings. The van der Waals surface area contributed by atoms with Crippen molar-refractivity contribution in [1.29, 1.82) is 0 Å². The number of nitrogens with zero attached hydrogens (tertiary/aromatic N) is 1. The number of nitrogens with one attached hydrogen (secondary N) is 1. The van der Waals surface area contributed by atoms with Gasteiger partial charge in [-0.15, -0.1) is 11.3 Å². The molecule has 0 unspecified atom stereocenters. The van der Waals surface area contributed by atoms with Gasteiger partial charge in [-0.05, 0) is 37.6 Å². The molecule has 3 nitrogen and oxygen atoms in total. The number of carbonyl (C=O) groups is 1. The molecule has 0 atom stereocenters. The maximum Gasteiger partial charge on any atom is 0.266 e. The van der Waals surface area contributed by atoms with Crippen LogP contribution >= 0.6 is 11.3 Å². The third-order valence-electron chi connectivity index (χ3n) is 2.12. The maximum absolute atomic E-state index is 11.8. The summed E-state index contributed by atoms with van der Waals surface area (Å²) in [6.45, 7) is 3.94. The lowest BCUT2D eigenvalue weighted by atomic mass is 10.3. The number of hydrogen-bond acceptors (Lipinski definition) is 3. The lowest BCUT2D eigenvalue weighted by Gasteiger charge is -2.02. The molecule has 0 saturated carbocycles. The number of thiophene rings is 1. The molecule has 2 rings (SSSR count). The van der Waals surface area contributed by atoms with Gasteiger partial charge >= 0.3 is 0 Å². The first-order chi connectivity index (χ1) is 7.65. The van der Waals surface area contributed by atoms with Gasteiger partial charge < -0.3 is 5.32 Å². The van der Waals surface area contributed by atoms with Crippen LogP contribution < -0.4 is 5.32 Å². The van der Waals surface area contributed by atoms with Gasteiger partial charge in [0.2, 0.25) is 0 Å². The number of aryl methyl sites for hydroxylation is 2. The minimum Gasteiger partial charge on any atom is -0.306 e. The van der Waals surface area contributed by atoms with Crippen molar-refractivity contribution in [2.24, 2.45) is 0 Å². The van der Waals surface area contributed by atoms with Crippen LogP contribution in [0.3, 0.4) is 0 Å². The molecule has 0 spiro atoms. The molecule has 0 bridgehead atoms. The molecule has 2 aromatic rings. The molecule has 82 valence electrons. The molecule has 0 aliphatic carbocycles. The van der Waals surface area contributed by atoms with Crippen LogP contribution in [0.4, 0.5) is 5.82 Å². The normalized spacial score (nSPS) is 10.1. The van der Waals surface area contributed by atoms with Crippen molar-refractivity contribution in [3.63, 3.8) is 0 Å². The molecule has 0 aliphatic heterocycles. The van der Waals surface area contributed by atoms with Crippen LogP contribution in [0.2, 0.25) is 0 Å². The number of carbonyl (C=O) groups excluding carboxylic acids is 1. The van der Waals surface area contributed by atoms with Crippen LogP contribution in [0.25, 0.3) is 0 Å². The zero-order valence-corrected chi connectivity index (χ0v) is 9.97. The van der Waals surface area contributed by atoms with Gasteiger partial charge in [-0.1, -0.05) is 6.07 Å². The van der Waals surface area contributed by atoms with Gasteiger partial charge in [0.05, 0.1) is 4.88 Å². The summed E-state index contributed by atoms with van der Waals surface area (Å²) in [5, 5.41) is 2.76. The van der Waals surface area contributed by atoms with Gasteiger partial charge in [-0.2, -0.15) is 0 Å². The van der Waals surface area contributed by atoms with E-state index in [1.165, 1.54) is 11.3 Å². The lowest BCUT2D eigenvalue weighted by Crippen LogP contribution is -2.11. The Hall–Kier alpha value is -1.68. The Morgan fingerprint density at radius 1 is 1.25 bits per heavy atom. The number of amides is 1. The van der Waals surface area contributed by atoms with Crippen LogP contribution in [0.1, 0.15) is 20.1 Å². The van der Waals surface area contributed by atoms with Crippen molar-refractivity contribution >= 4 is 23.1 Å². The molecule has 0 radical (unpaired) electrons. The number of anilines is 1. The minimum absolute atomic E-state index is 0.102. The Morgan fingerprint density at radius 2 is 2.06 bits per heavy atom. The molecular formula is C12H12N2OS. The van der Waals surface area contributed by atoms with Crippen molar-refractivity contribution in [1.82, 2.24) is 4.98 Å². The van der Waals surface area contributed by atoms with Crippen molar-refractivity contribution < 1.29 is 4.79 Å². The molecule has 0 fully saturated rings. The predicted octanol–water partition coefficient (Wildman–Crippen LogP) is 3.01. The second kappa shape index (κ2) is 4.45. The highest BCUT2D eigenvalue weighted by Gasteiger charge is 2.08. The molecule has 2 heterocycles. The second-order valence-corrected chi connectivity index (χ2v) is 4.87. The predicted molar refractivity (Wildman–Crippen MR) is 66.0 cm³/mol. The van der Waals surface area contributed by atoms with E-state index < -0.39 is 0 Å². The highest BCUT2D eigenvalue weighted by atomic mass is 32.1. The number of pyridine rings is 1. The summed E-state index contributed by atoms with van der Waals surface area (Å²) in [5.74, 6) is 0.483. The number of aromatic nitrogens is 1. The minimum atomic E-state index is -0.102. The summed E-state index contributed by atoms with van der Waals surface area (Å²) in [6, 6.07) is 7.47. The Kier molecular flexibility index (Phi) is 3.01. The van der Waals surface area contributed by atoms with Crippen LogP contribution in [0, 0.1) is 13.8 Å². The molecule has 0 aromatic carbocycles. The van der Waals surface area contributed by atoms with Crippen LogP contribution in [-0.4, -0.2) is 10.9 Å². The highest BCUT2D eigenvalue weighted by Crippen LogP contribution is 2.16. The average Bonchev–Trinajstić information content (AvgIpc) is 2.68. The van der Waals surface area contributed by atoms with Crippen molar-refractivity contribution in [3.8, 4) is 0 Å². The van der Waals surface area contributed by atoms with Crippen molar-refractivity contribution in [2.75, 3.05) is 5.32 Å². The van der Waals surface area contributed by atoms with Crippen LogP contribution in [0.5, 0.6) is 0 Å². The largest absolute Gasteiger partial charge is 0.306 e. The van der Waals surface area contributed by atoms with E-state index in [9.17, 15) is 4.79 Å². The van der Waals surface area contributed by atoms with Gasteiger partial charge in [-0.25, -0.2) is 4.98 Å². The smallest absolute Gasteiger partial charge is 0.266 e. The summed E-state index contributed by atoms with van der Waals surface area (Å²) in [4.78, 5) is 17.7. The molecule has 2 aromatic heterocycles. The van der Waals surface area contributed by atoms with Crippen molar-refractivity contribution in [3.05, 3.63) is 45.8 Å². The molecule has 4 heteroatoms. The molecule has 0 saturated heterocycles. The molecule has 1 N–H and O–H groups in total. The van der Waals surface area contributed by atoms with Crippen molar-refractivity contribution in [2.45, 2.75) is 13.8 Å². The summed E-state index contributed by atoms with van der Waals surface area (Å²) >= 11 is 1.48. The molecule has 1 amide bonds. The average molecular weight is 232 g/mol. The van der Waals surface area contributed by atoms with Gasteiger partial charge in [0.15, 0.2) is 0 Å². The fourth-order valence-electron chi connectivity index (χ4n) is 1.28. The first kappa shape index (κ1) is 10.8. The Morgan fingerprint density at radius 3 is 2.62 bits per heavy atom. The maximum atomic E-state index is 11.8. The second-order valence-electron chi connectivity index (χ2n) is 3.59. The fourth-order valence-corrected chi connectivity index (χ4v) is 2.04. The standard InChI is InChI=1S/C12H12N2OS/c1-8-3-6-11(13-7-8)14-12(15)10-5-4-9(2)16-10/h3-7H,1-2H3,(H,13,14,15). The Bertz CT molecular complexity index is 502. The highest BCUT2D eigenvalue weighted by molar-refractivity contribution is 7.14. The van der Waals surface area contributed by atoms with E-state index in [1.807, 2.05) is 32.0 Å².